The molecule has 2 heteroatoms. The summed E-state index contributed by atoms with van der Waals surface area (Å²) in [7, 11) is 0. The molecule has 0 aromatic heterocycles. The molecule has 0 fully saturated rings. The van der Waals surface area contributed by atoms with Gasteiger partial charge in [0.15, 0.2) is 0 Å². The van der Waals surface area contributed by atoms with Crippen molar-refractivity contribution in [3.8, 4) is 0 Å². The summed E-state index contributed by atoms with van der Waals surface area (Å²) in [5, 5.41) is 0. The average molecular weight is 505 g/mol. The molecule has 0 amide bonds. The van der Waals surface area contributed by atoms with Crippen LogP contribution in [0.25, 0.3) is 0 Å². The lowest BCUT2D eigenvalue weighted by Gasteiger charge is -2.09. The molecule has 4 rings (SSSR count). The molecule has 0 saturated heterocycles. The number of hydrogen-bond acceptors (Lipinski definition) is 2. The molecule has 0 radical (unpaired) electrons. The van der Waals surface area contributed by atoms with Gasteiger partial charge in [0.25, 0.3) is 0 Å². The molecule has 0 atom stereocenters. The maximum Gasteiger partial charge on any atom is 0.0316 e. The van der Waals surface area contributed by atoms with Crippen LogP contribution in [0.4, 0.5) is 11.4 Å². The zero-order valence-electron chi connectivity index (χ0n) is 23.3. The van der Waals surface area contributed by atoms with E-state index in [1.54, 1.807) is 0 Å². The summed E-state index contributed by atoms with van der Waals surface area (Å²) in [6.45, 7) is 4.28. The number of unbranched alkanes of at least 4 members (excludes halogenated alkanes) is 5. The molecule has 0 unspecified atom stereocenters. The standard InChI is InChI=1S/C36H44N2/c1-27-23-35(37)21-19-33(27)25-31-15-11-29(12-16-31)9-7-5-3-4-6-8-10-30-13-17-32(18-14-30)26-34-20-22-36(38)24-28(34)2/h11-24H,3-10,25-26,37-38H2,1-2H3. The average Bonchev–Trinajstić information content (AvgIpc) is 2.90. The van der Waals surface area contributed by atoms with Crippen molar-refractivity contribution in [1.29, 1.82) is 0 Å². The van der Waals surface area contributed by atoms with Crippen LogP contribution in [0.1, 0.15) is 83.0 Å². The van der Waals surface area contributed by atoms with Crippen molar-refractivity contribution in [1.82, 2.24) is 0 Å². The highest BCUT2D eigenvalue weighted by molar-refractivity contribution is 5.46. The number of benzene rings is 4. The molecule has 0 aliphatic rings. The van der Waals surface area contributed by atoms with E-state index in [-0.39, 0.29) is 0 Å². The summed E-state index contributed by atoms with van der Waals surface area (Å²) < 4.78 is 0. The number of hydrogen-bond donors (Lipinski definition) is 2. The molecule has 0 heterocycles. The highest BCUT2D eigenvalue weighted by Gasteiger charge is 2.03. The Morgan fingerprint density at radius 3 is 1.13 bits per heavy atom. The summed E-state index contributed by atoms with van der Waals surface area (Å²) in [4.78, 5) is 0. The molecule has 38 heavy (non-hydrogen) atoms. The smallest absolute Gasteiger partial charge is 0.0316 e. The SMILES string of the molecule is Cc1cc(N)ccc1Cc1ccc(CCCCCCCCc2ccc(Cc3ccc(N)cc3C)cc2)cc1. The van der Waals surface area contributed by atoms with Crippen molar-refractivity contribution >= 4 is 11.4 Å². The predicted octanol–water partition coefficient (Wildman–Crippen LogP) is 8.78. The number of nitrogen functional groups attached to an aromatic ring is 2. The third-order valence-corrected chi connectivity index (χ3v) is 7.75. The molecule has 0 aliphatic carbocycles. The number of rotatable bonds is 13. The molecule has 0 bridgehead atoms. The Labute approximate surface area is 230 Å². The topological polar surface area (TPSA) is 52.0 Å². The van der Waals surface area contributed by atoms with Crippen LogP contribution in [0.2, 0.25) is 0 Å². The van der Waals surface area contributed by atoms with E-state index in [2.05, 4.69) is 86.6 Å². The molecule has 4 aromatic carbocycles. The van der Waals surface area contributed by atoms with Gasteiger partial charge in [-0.2, -0.15) is 0 Å². The van der Waals surface area contributed by atoms with Gasteiger partial charge in [-0.25, -0.2) is 0 Å². The molecule has 4 aromatic rings. The van der Waals surface area contributed by atoms with Gasteiger partial charge >= 0.3 is 0 Å². The first-order chi connectivity index (χ1) is 18.5. The largest absolute Gasteiger partial charge is 0.399 e. The first kappa shape index (κ1) is 27.5. The summed E-state index contributed by atoms with van der Waals surface area (Å²) >= 11 is 0. The van der Waals surface area contributed by atoms with Crippen LogP contribution >= 0.6 is 0 Å². The van der Waals surface area contributed by atoms with E-state index in [1.807, 2.05) is 12.1 Å². The van der Waals surface area contributed by atoms with Gasteiger partial charge in [-0.15, -0.1) is 0 Å². The fourth-order valence-electron chi connectivity index (χ4n) is 5.29. The first-order valence-corrected chi connectivity index (χ1v) is 14.3. The van der Waals surface area contributed by atoms with Crippen LogP contribution in [-0.4, -0.2) is 0 Å². The number of nitrogens with two attached hydrogens (primary N) is 2. The minimum absolute atomic E-state index is 0.841. The Morgan fingerprint density at radius 2 is 0.763 bits per heavy atom. The second-order valence-electron chi connectivity index (χ2n) is 11.0. The molecule has 0 spiro atoms. The maximum atomic E-state index is 5.89. The highest BCUT2D eigenvalue weighted by Crippen LogP contribution is 2.20. The van der Waals surface area contributed by atoms with Crippen molar-refractivity contribution in [2.45, 2.75) is 78.1 Å². The van der Waals surface area contributed by atoms with E-state index in [9.17, 15) is 0 Å². The maximum absolute atomic E-state index is 5.89. The van der Waals surface area contributed by atoms with Crippen LogP contribution in [0.5, 0.6) is 0 Å². The molecule has 198 valence electrons. The Kier molecular flexibility index (Phi) is 10.0. The lowest BCUT2D eigenvalue weighted by molar-refractivity contribution is 0.594. The van der Waals surface area contributed by atoms with Crippen LogP contribution in [0, 0.1) is 13.8 Å². The van der Waals surface area contributed by atoms with E-state index in [1.165, 1.54) is 95.9 Å². The second kappa shape index (κ2) is 13.9. The molecule has 2 nitrogen and oxygen atoms in total. The molecule has 0 saturated carbocycles. The molecular weight excluding hydrogens is 460 g/mol. The van der Waals surface area contributed by atoms with Gasteiger partial charge in [-0.05, 0) is 121 Å². The van der Waals surface area contributed by atoms with E-state index < -0.39 is 0 Å². The van der Waals surface area contributed by atoms with E-state index in [0.29, 0.717) is 0 Å². The van der Waals surface area contributed by atoms with Crippen molar-refractivity contribution in [2.24, 2.45) is 0 Å². The van der Waals surface area contributed by atoms with E-state index >= 15 is 0 Å². The van der Waals surface area contributed by atoms with E-state index in [4.69, 9.17) is 11.5 Å². The quantitative estimate of drug-likeness (QED) is 0.141. The summed E-state index contributed by atoms with van der Waals surface area (Å²) in [5.74, 6) is 0. The molecular formula is C36H44N2. The first-order valence-electron chi connectivity index (χ1n) is 14.3. The van der Waals surface area contributed by atoms with Crippen molar-refractivity contribution < 1.29 is 0 Å². The van der Waals surface area contributed by atoms with Gasteiger partial charge < -0.3 is 11.5 Å². The summed E-state index contributed by atoms with van der Waals surface area (Å²) in [6.07, 6.45) is 12.2. The third kappa shape index (κ3) is 8.52. The minimum atomic E-state index is 0.841. The summed E-state index contributed by atoms with van der Waals surface area (Å²) in [5.41, 5.74) is 24.4. The third-order valence-electron chi connectivity index (χ3n) is 7.75. The molecule has 0 aliphatic heterocycles. The lowest BCUT2D eigenvalue weighted by Crippen LogP contribution is -1.95. The minimum Gasteiger partial charge on any atom is -0.399 e. The van der Waals surface area contributed by atoms with Crippen LogP contribution in [-0.2, 0) is 25.7 Å². The fraction of sp³-hybridized carbons (Fsp3) is 0.333. The zero-order chi connectivity index (χ0) is 26.7. The Hall–Kier alpha value is -3.52. The monoisotopic (exact) mass is 504 g/mol. The Bertz CT molecular complexity index is 1180. The lowest BCUT2D eigenvalue weighted by atomic mass is 9.97. The van der Waals surface area contributed by atoms with Crippen molar-refractivity contribution in [3.05, 3.63) is 129 Å². The van der Waals surface area contributed by atoms with E-state index in [0.717, 1.165) is 24.2 Å². The summed E-state index contributed by atoms with van der Waals surface area (Å²) in [6, 6.07) is 30.8. The number of anilines is 2. The van der Waals surface area contributed by atoms with Gasteiger partial charge in [0, 0.05) is 11.4 Å². The Balaban J connectivity index is 1.07. The second-order valence-corrected chi connectivity index (χ2v) is 11.0. The highest BCUT2D eigenvalue weighted by atomic mass is 14.5. The molecule has 4 N–H and O–H groups in total. The van der Waals surface area contributed by atoms with Gasteiger partial charge in [0.1, 0.15) is 0 Å². The Morgan fingerprint density at radius 1 is 0.421 bits per heavy atom. The van der Waals surface area contributed by atoms with Gasteiger partial charge in [-0.3, -0.25) is 0 Å². The zero-order valence-corrected chi connectivity index (χ0v) is 23.3. The van der Waals surface area contributed by atoms with Crippen molar-refractivity contribution in [2.75, 3.05) is 11.5 Å². The van der Waals surface area contributed by atoms with Gasteiger partial charge in [0.05, 0.1) is 0 Å². The normalized spacial score (nSPS) is 11.1. The fourth-order valence-corrected chi connectivity index (χ4v) is 5.29. The van der Waals surface area contributed by atoms with Crippen molar-refractivity contribution in [3.63, 3.8) is 0 Å². The van der Waals surface area contributed by atoms with Gasteiger partial charge in [0.2, 0.25) is 0 Å². The van der Waals surface area contributed by atoms with Gasteiger partial charge in [-0.1, -0.05) is 86.3 Å². The number of aryl methyl sites for hydroxylation is 4. The predicted molar refractivity (Wildman–Crippen MR) is 165 cm³/mol. The van der Waals surface area contributed by atoms with Crippen LogP contribution in [0.15, 0.2) is 84.9 Å². The van der Waals surface area contributed by atoms with Crippen LogP contribution in [0.3, 0.4) is 0 Å². The van der Waals surface area contributed by atoms with Crippen LogP contribution < -0.4 is 11.5 Å².